The van der Waals surface area contributed by atoms with E-state index in [2.05, 4.69) is 0 Å². The van der Waals surface area contributed by atoms with Crippen LogP contribution >= 0.6 is 0 Å². The highest BCUT2D eigenvalue weighted by Gasteiger charge is 2.24. The number of hydrogen-bond donors (Lipinski definition) is 1. The van der Waals surface area contributed by atoms with Crippen LogP contribution in [0, 0.1) is 11.8 Å². The molecule has 0 saturated carbocycles. The van der Waals surface area contributed by atoms with Gasteiger partial charge in [0.2, 0.25) is 0 Å². The van der Waals surface area contributed by atoms with Gasteiger partial charge in [0.1, 0.15) is 0 Å². The third kappa shape index (κ3) is 5.64. The van der Waals surface area contributed by atoms with Gasteiger partial charge < -0.3 is 9.84 Å². The molecule has 1 unspecified atom stereocenters. The van der Waals surface area contributed by atoms with Gasteiger partial charge in [0.25, 0.3) is 0 Å². The van der Waals surface area contributed by atoms with Crippen molar-refractivity contribution in [1.29, 1.82) is 0 Å². The molecule has 1 N–H and O–H groups in total. The van der Waals surface area contributed by atoms with Gasteiger partial charge in [-0.1, -0.05) is 13.8 Å². The Morgan fingerprint density at radius 3 is 2.08 bits per heavy atom. The molecule has 1 atom stereocenters. The van der Waals surface area contributed by atoms with Crippen LogP contribution < -0.4 is 0 Å². The van der Waals surface area contributed by atoms with Crippen molar-refractivity contribution in [3.63, 3.8) is 0 Å². The van der Waals surface area contributed by atoms with E-state index >= 15 is 0 Å². The number of ether oxygens (including phenoxy) is 1. The molecule has 0 saturated heterocycles. The summed E-state index contributed by atoms with van der Waals surface area (Å²) < 4.78 is 5.43. The molecule has 0 spiro atoms. The summed E-state index contributed by atoms with van der Waals surface area (Å²) in [6.45, 7) is 9.84. The first-order valence-corrected chi connectivity index (χ1v) is 4.61. The molecule has 78 valence electrons. The Morgan fingerprint density at radius 1 is 1.38 bits per heavy atom. The van der Waals surface area contributed by atoms with Gasteiger partial charge in [0, 0.05) is 0 Å². The lowest BCUT2D eigenvalue weighted by atomic mass is 9.97. The number of aliphatic carboxylic acids is 1. The molecule has 13 heavy (non-hydrogen) atoms. The van der Waals surface area contributed by atoms with E-state index in [4.69, 9.17) is 9.84 Å². The molecule has 0 bridgehead atoms. The zero-order valence-electron chi connectivity index (χ0n) is 9.13. The van der Waals surface area contributed by atoms with Gasteiger partial charge in [-0.2, -0.15) is 0 Å². The largest absolute Gasteiger partial charge is 0.481 e. The third-order valence-corrected chi connectivity index (χ3v) is 1.82. The number of carboxylic acid groups (broad SMARTS) is 1. The van der Waals surface area contributed by atoms with Crippen molar-refractivity contribution in [2.45, 2.75) is 40.2 Å². The van der Waals surface area contributed by atoms with Gasteiger partial charge in [-0.25, -0.2) is 0 Å². The molecule has 0 radical (unpaired) electrons. The van der Waals surface area contributed by atoms with Crippen LogP contribution in [0.25, 0.3) is 0 Å². The SMILES string of the molecule is CC(C)C(COC(C)(C)C)C(=O)O. The summed E-state index contributed by atoms with van der Waals surface area (Å²) in [4.78, 5) is 10.8. The molecule has 0 rings (SSSR count). The van der Waals surface area contributed by atoms with Gasteiger partial charge in [0.15, 0.2) is 0 Å². The van der Waals surface area contributed by atoms with Crippen molar-refractivity contribution in [3.05, 3.63) is 0 Å². The summed E-state index contributed by atoms with van der Waals surface area (Å²) in [5, 5.41) is 8.86. The summed E-state index contributed by atoms with van der Waals surface area (Å²) in [6, 6.07) is 0. The van der Waals surface area contributed by atoms with E-state index in [0.29, 0.717) is 0 Å². The van der Waals surface area contributed by atoms with Gasteiger partial charge in [-0.05, 0) is 26.7 Å². The van der Waals surface area contributed by atoms with Crippen LogP contribution in [0.4, 0.5) is 0 Å². The van der Waals surface area contributed by atoms with Gasteiger partial charge in [0.05, 0.1) is 18.1 Å². The van der Waals surface area contributed by atoms with Crippen molar-refractivity contribution in [2.24, 2.45) is 11.8 Å². The Bertz CT molecular complexity index is 167. The number of carboxylic acids is 1. The lowest BCUT2D eigenvalue weighted by Crippen LogP contribution is -2.30. The highest BCUT2D eigenvalue weighted by atomic mass is 16.5. The van der Waals surface area contributed by atoms with Crippen LogP contribution in [0.1, 0.15) is 34.6 Å². The van der Waals surface area contributed by atoms with Crippen LogP contribution in [0.5, 0.6) is 0 Å². The molecular formula is C10H20O3. The Morgan fingerprint density at radius 2 is 1.85 bits per heavy atom. The maximum absolute atomic E-state index is 10.8. The van der Waals surface area contributed by atoms with E-state index in [-0.39, 0.29) is 18.1 Å². The number of hydrogen-bond acceptors (Lipinski definition) is 2. The van der Waals surface area contributed by atoms with E-state index in [1.165, 1.54) is 0 Å². The van der Waals surface area contributed by atoms with Crippen molar-refractivity contribution in [1.82, 2.24) is 0 Å². The molecule has 0 aliphatic rings. The third-order valence-electron chi connectivity index (χ3n) is 1.82. The maximum Gasteiger partial charge on any atom is 0.309 e. The zero-order chi connectivity index (χ0) is 10.6. The van der Waals surface area contributed by atoms with Crippen molar-refractivity contribution < 1.29 is 14.6 Å². The monoisotopic (exact) mass is 188 g/mol. The normalized spacial score (nSPS) is 14.6. The van der Waals surface area contributed by atoms with E-state index in [1.807, 2.05) is 34.6 Å². The molecular weight excluding hydrogens is 168 g/mol. The first kappa shape index (κ1) is 12.4. The fourth-order valence-electron chi connectivity index (χ4n) is 0.889. The molecule has 0 heterocycles. The van der Waals surface area contributed by atoms with Gasteiger partial charge in [-0.3, -0.25) is 4.79 Å². The summed E-state index contributed by atoms with van der Waals surface area (Å²) in [7, 11) is 0. The Hall–Kier alpha value is -0.570. The number of rotatable bonds is 4. The van der Waals surface area contributed by atoms with E-state index in [9.17, 15) is 4.79 Å². The Labute approximate surface area is 80.1 Å². The topological polar surface area (TPSA) is 46.5 Å². The minimum absolute atomic E-state index is 0.111. The summed E-state index contributed by atoms with van der Waals surface area (Å²) in [5.74, 6) is -1.07. The molecule has 0 aromatic carbocycles. The Kier molecular flexibility index (Phi) is 4.40. The standard InChI is InChI=1S/C10H20O3/c1-7(2)8(9(11)12)6-13-10(3,4)5/h7-8H,6H2,1-5H3,(H,11,12). The van der Waals surface area contributed by atoms with Crippen LogP contribution in [-0.2, 0) is 9.53 Å². The minimum atomic E-state index is -0.778. The molecule has 3 heteroatoms. The summed E-state index contributed by atoms with van der Waals surface area (Å²) in [5.41, 5.74) is -0.261. The minimum Gasteiger partial charge on any atom is -0.481 e. The van der Waals surface area contributed by atoms with Crippen LogP contribution in [0.15, 0.2) is 0 Å². The quantitative estimate of drug-likeness (QED) is 0.735. The predicted octanol–water partition coefficient (Wildman–Crippen LogP) is 2.16. The highest BCUT2D eigenvalue weighted by Crippen LogP contribution is 2.15. The smallest absolute Gasteiger partial charge is 0.309 e. The predicted molar refractivity (Wildman–Crippen MR) is 51.7 cm³/mol. The maximum atomic E-state index is 10.8. The molecule has 0 aromatic heterocycles. The summed E-state index contributed by atoms with van der Waals surface area (Å²) in [6.07, 6.45) is 0. The second-order valence-electron chi connectivity index (χ2n) is 4.61. The van der Waals surface area contributed by atoms with Gasteiger partial charge in [-0.15, -0.1) is 0 Å². The van der Waals surface area contributed by atoms with Crippen molar-refractivity contribution in [3.8, 4) is 0 Å². The molecule has 0 aliphatic heterocycles. The second kappa shape index (κ2) is 4.61. The van der Waals surface area contributed by atoms with E-state index < -0.39 is 11.9 Å². The second-order valence-corrected chi connectivity index (χ2v) is 4.61. The molecule has 0 aromatic rings. The zero-order valence-corrected chi connectivity index (χ0v) is 9.13. The fraction of sp³-hybridized carbons (Fsp3) is 0.900. The molecule has 0 aliphatic carbocycles. The highest BCUT2D eigenvalue weighted by molar-refractivity contribution is 5.70. The first-order chi connectivity index (χ1) is 5.74. The lowest BCUT2D eigenvalue weighted by Gasteiger charge is -2.24. The molecule has 0 amide bonds. The van der Waals surface area contributed by atoms with Crippen LogP contribution in [0.2, 0.25) is 0 Å². The van der Waals surface area contributed by atoms with Crippen molar-refractivity contribution in [2.75, 3.05) is 6.61 Å². The molecule has 3 nitrogen and oxygen atoms in total. The first-order valence-electron chi connectivity index (χ1n) is 4.61. The van der Waals surface area contributed by atoms with E-state index in [1.54, 1.807) is 0 Å². The molecule has 0 fully saturated rings. The fourth-order valence-corrected chi connectivity index (χ4v) is 0.889. The average molecular weight is 188 g/mol. The van der Waals surface area contributed by atoms with E-state index in [0.717, 1.165) is 0 Å². The lowest BCUT2D eigenvalue weighted by molar-refractivity contribution is -0.148. The van der Waals surface area contributed by atoms with Crippen molar-refractivity contribution >= 4 is 5.97 Å². The Balaban J connectivity index is 4.06. The van der Waals surface area contributed by atoms with Crippen LogP contribution in [-0.4, -0.2) is 23.3 Å². The average Bonchev–Trinajstić information content (AvgIpc) is 1.82. The number of carbonyl (C=O) groups is 1. The van der Waals surface area contributed by atoms with Crippen LogP contribution in [0.3, 0.4) is 0 Å². The summed E-state index contributed by atoms with van der Waals surface area (Å²) >= 11 is 0. The van der Waals surface area contributed by atoms with Gasteiger partial charge >= 0.3 is 5.97 Å².